The molecule has 1 aliphatic rings. The molecule has 1 aromatic heterocycles. The van der Waals surface area contributed by atoms with Gasteiger partial charge in [-0.3, -0.25) is 9.10 Å². The van der Waals surface area contributed by atoms with Gasteiger partial charge in [-0.25, -0.2) is 18.4 Å². The molecule has 7 nitrogen and oxygen atoms in total. The number of sulfonamides is 1. The maximum absolute atomic E-state index is 13.6. The zero-order valence-corrected chi connectivity index (χ0v) is 21.6. The van der Waals surface area contributed by atoms with Crippen molar-refractivity contribution in [1.82, 2.24) is 9.97 Å². The summed E-state index contributed by atoms with van der Waals surface area (Å²) in [4.78, 5) is 21.2. The van der Waals surface area contributed by atoms with Crippen LogP contribution >= 0.6 is 23.4 Å². The van der Waals surface area contributed by atoms with Crippen LogP contribution in [0.2, 0.25) is 5.02 Å². The first kappa shape index (κ1) is 24.3. The van der Waals surface area contributed by atoms with Gasteiger partial charge in [0.05, 0.1) is 29.9 Å². The van der Waals surface area contributed by atoms with Crippen LogP contribution in [0.3, 0.4) is 0 Å². The highest BCUT2D eigenvalue weighted by Gasteiger charge is 2.37. The number of benzene rings is 3. The molecule has 0 atom stereocenters. The number of halogens is 1. The first-order valence-corrected chi connectivity index (χ1v) is 13.8. The van der Waals surface area contributed by atoms with Gasteiger partial charge < -0.3 is 5.32 Å². The molecule has 0 fully saturated rings. The molecule has 0 saturated carbocycles. The van der Waals surface area contributed by atoms with Crippen LogP contribution in [-0.4, -0.2) is 30.0 Å². The lowest BCUT2D eigenvalue weighted by molar-refractivity contribution is -0.113. The van der Waals surface area contributed by atoms with E-state index in [9.17, 15) is 13.2 Å². The van der Waals surface area contributed by atoms with E-state index in [0.717, 1.165) is 22.9 Å². The summed E-state index contributed by atoms with van der Waals surface area (Å²) in [6.45, 7) is 2.11. The molecule has 0 bridgehead atoms. The second-order valence-electron chi connectivity index (χ2n) is 8.23. The number of fused-ring (bicyclic) bond motifs is 3. The van der Waals surface area contributed by atoms with E-state index in [4.69, 9.17) is 11.6 Å². The summed E-state index contributed by atoms with van der Waals surface area (Å²) in [6, 6.07) is 21.9. The van der Waals surface area contributed by atoms with Gasteiger partial charge in [0.25, 0.3) is 10.0 Å². The largest absolute Gasteiger partial charge is 0.325 e. The summed E-state index contributed by atoms with van der Waals surface area (Å²) in [5.41, 5.74) is 3.95. The van der Waals surface area contributed by atoms with Crippen molar-refractivity contribution in [2.24, 2.45) is 0 Å². The SMILES string of the molecule is Cc1cccc(NC(=O)CSc2ncc3c(n2)-c2cc(Cl)ccc2N(Cc2ccccc2)S3(=O)=O)c1. The lowest BCUT2D eigenvalue weighted by Crippen LogP contribution is -2.34. The Morgan fingerprint density at radius 1 is 1.06 bits per heavy atom. The van der Waals surface area contributed by atoms with Gasteiger partial charge in [0, 0.05) is 16.3 Å². The van der Waals surface area contributed by atoms with Crippen LogP contribution in [0.4, 0.5) is 11.4 Å². The standard InChI is InChI=1S/C26H21ClN4O3S2/c1-17-6-5-9-20(12-17)29-24(32)16-35-26-28-14-23-25(30-26)21-13-19(27)10-11-22(21)31(36(23,33)34)15-18-7-3-2-4-8-18/h2-14H,15-16H2,1H3,(H,29,32). The molecule has 5 rings (SSSR count). The number of rotatable bonds is 6. The Labute approximate surface area is 218 Å². The van der Waals surface area contributed by atoms with Crippen molar-refractivity contribution in [2.75, 3.05) is 15.4 Å². The average molecular weight is 537 g/mol. The van der Waals surface area contributed by atoms with E-state index in [2.05, 4.69) is 15.3 Å². The number of carbonyl (C=O) groups excluding carboxylic acids is 1. The quantitative estimate of drug-likeness (QED) is 0.257. The van der Waals surface area contributed by atoms with Gasteiger partial charge >= 0.3 is 0 Å². The van der Waals surface area contributed by atoms with Crippen molar-refractivity contribution in [3.63, 3.8) is 0 Å². The van der Waals surface area contributed by atoms with Crippen LogP contribution in [-0.2, 0) is 21.4 Å². The van der Waals surface area contributed by atoms with Gasteiger partial charge in [0.15, 0.2) is 5.16 Å². The highest BCUT2D eigenvalue weighted by atomic mass is 35.5. The maximum Gasteiger partial charge on any atom is 0.268 e. The Balaban J connectivity index is 1.44. The summed E-state index contributed by atoms with van der Waals surface area (Å²) in [5, 5.41) is 3.60. The number of hydrogen-bond donors (Lipinski definition) is 1. The smallest absolute Gasteiger partial charge is 0.268 e. The van der Waals surface area contributed by atoms with Gasteiger partial charge in [-0.05, 0) is 48.4 Å². The third kappa shape index (κ3) is 4.95. The van der Waals surface area contributed by atoms with Crippen molar-refractivity contribution in [1.29, 1.82) is 0 Å². The number of hydrogen-bond acceptors (Lipinski definition) is 6. The highest BCUT2D eigenvalue weighted by molar-refractivity contribution is 7.99. The number of amides is 1. The molecule has 1 amide bonds. The topological polar surface area (TPSA) is 92.3 Å². The predicted octanol–water partition coefficient (Wildman–Crippen LogP) is 5.55. The first-order chi connectivity index (χ1) is 17.3. The fourth-order valence-corrected chi connectivity index (χ4v) is 6.29. The Bertz CT molecular complexity index is 1560. The van der Waals surface area contributed by atoms with Crippen molar-refractivity contribution >= 4 is 50.7 Å². The Morgan fingerprint density at radius 3 is 2.64 bits per heavy atom. The van der Waals surface area contributed by atoms with E-state index >= 15 is 0 Å². The minimum absolute atomic E-state index is 0.00163. The monoisotopic (exact) mass is 536 g/mol. The summed E-state index contributed by atoms with van der Waals surface area (Å²) >= 11 is 7.41. The van der Waals surface area contributed by atoms with Crippen molar-refractivity contribution in [3.05, 3.63) is 95.1 Å². The maximum atomic E-state index is 13.6. The van der Waals surface area contributed by atoms with Crippen molar-refractivity contribution in [3.8, 4) is 11.3 Å². The molecule has 0 radical (unpaired) electrons. The van der Waals surface area contributed by atoms with E-state index in [-0.39, 0.29) is 28.8 Å². The Kier molecular flexibility index (Phi) is 6.70. The third-order valence-corrected chi connectivity index (χ3v) is 8.44. The summed E-state index contributed by atoms with van der Waals surface area (Å²) in [6.07, 6.45) is 1.31. The molecule has 0 unspecified atom stereocenters. The lowest BCUT2D eigenvalue weighted by atomic mass is 10.1. The molecular formula is C26H21ClN4O3S2. The number of thioether (sulfide) groups is 1. The van der Waals surface area contributed by atoms with E-state index in [0.29, 0.717) is 27.1 Å². The van der Waals surface area contributed by atoms with Crippen LogP contribution < -0.4 is 9.62 Å². The highest BCUT2D eigenvalue weighted by Crippen LogP contribution is 2.44. The predicted molar refractivity (Wildman–Crippen MR) is 143 cm³/mol. The summed E-state index contributed by atoms with van der Waals surface area (Å²) < 4.78 is 28.6. The molecule has 0 aliphatic carbocycles. The van der Waals surface area contributed by atoms with E-state index in [1.54, 1.807) is 18.2 Å². The first-order valence-electron chi connectivity index (χ1n) is 11.0. The fraction of sp³-hybridized carbons (Fsp3) is 0.115. The van der Waals surface area contributed by atoms with Gasteiger partial charge in [-0.1, -0.05) is 65.8 Å². The molecule has 0 saturated heterocycles. The number of nitrogens with zero attached hydrogens (tertiary/aromatic N) is 3. The van der Waals surface area contributed by atoms with Crippen molar-refractivity contribution in [2.45, 2.75) is 23.5 Å². The molecule has 3 aromatic carbocycles. The fourth-order valence-electron chi connectivity index (χ4n) is 3.94. The molecule has 1 aliphatic heterocycles. The lowest BCUT2D eigenvalue weighted by Gasteiger charge is -2.31. The van der Waals surface area contributed by atoms with E-state index in [1.807, 2.05) is 61.5 Å². The molecule has 10 heteroatoms. The molecule has 0 spiro atoms. The second kappa shape index (κ2) is 9.93. The van der Waals surface area contributed by atoms with Gasteiger partial charge in [-0.15, -0.1) is 0 Å². The van der Waals surface area contributed by atoms with E-state index in [1.165, 1.54) is 10.5 Å². The third-order valence-electron chi connectivity index (χ3n) is 5.59. The number of aryl methyl sites for hydroxylation is 1. The minimum Gasteiger partial charge on any atom is -0.325 e. The molecule has 36 heavy (non-hydrogen) atoms. The average Bonchev–Trinajstić information content (AvgIpc) is 2.86. The van der Waals surface area contributed by atoms with Gasteiger partial charge in [-0.2, -0.15) is 0 Å². The zero-order chi connectivity index (χ0) is 25.3. The van der Waals surface area contributed by atoms with Crippen LogP contribution in [0.25, 0.3) is 11.3 Å². The molecule has 2 heterocycles. The minimum atomic E-state index is -3.92. The Morgan fingerprint density at radius 2 is 1.86 bits per heavy atom. The molecular weight excluding hydrogens is 516 g/mol. The number of carbonyl (C=O) groups is 1. The van der Waals surface area contributed by atoms with Crippen LogP contribution in [0.5, 0.6) is 0 Å². The van der Waals surface area contributed by atoms with Gasteiger partial charge in [0.1, 0.15) is 4.90 Å². The van der Waals surface area contributed by atoms with Gasteiger partial charge in [0.2, 0.25) is 5.91 Å². The molecule has 182 valence electrons. The van der Waals surface area contributed by atoms with Crippen LogP contribution in [0, 0.1) is 6.92 Å². The number of nitrogens with one attached hydrogen (secondary N) is 1. The molecule has 4 aromatic rings. The van der Waals surface area contributed by atoms with Crippen LogP contribution in [0.15, 0.2) is 89.0 Å². The number of anilines is 2. The summed E-state index contributed by atoms with van der Waals surface area (Å²) in [7, 11) is -3.92. The van der Waals surface area contributed by atoms with E-state index < -0.39 is 10.0 Å². The second-order valence-corrected chi connectivity index (χ2v) is 11.4. The zero-order valence-electron chi connectivity index (χ0n) is 19.2. The number of aromatic nitrogens is 2. The van der Waals surface area contributed by atoms with Crippen LogP contribution in [0.1, 0.15) is 11.1 Å². The summed E-state index contributed by atoms with van der Waals surface area (Å²) in [5.74, 6) is -0.140. The molecule has 1 N–H and O–H groups in total. The Hall–Kier alpha value is -3.40. The normalized spacial score (nSPS) is 13.6. The van der Waals surface area contributed by atoms with Crippen molar-refractivity contribution < 1.29 is 13.2 Å².